The number of benzene rings is 1. The summed E-state index contributed by atoms with van der Waals surface area (Å²) in [5, 5.41) is 12.7. The zero-order valence-corrected chi connectivity index (χ0v) is 13.2. The molecular formula is C15H13ClN4S. The van der Waals surface area contributed by atoms with Gasteiger partial charge in [-0.1, -0.05) is 11.6 Å². The smallest absolute Gasteiger partial charge is 0.194 e. The molecule has 0 saturated carbocycles. The lowest BCUT2D eigenvalue weighted by atomic mass is 10.2. The van der Waals surface area contributed by atoms with Gasteiger partial charge in [0.05, 0.1) is 28.5 Å². The monoisotopic (exact) mass is 316 g/mol. The van der Waals surface area contributed by atoms with E-state index in [-0.39, 0.29) is 0 Å². The van der Waals surface area contributed by atoms with Gasteiger partial charge in [-0.05, 0) is 32.0 Å². The molecule has 0 bridgehead atoms. The normalized spacial score (nSPS) is 10.8. The number of nitriles is 1. The zero-order valence-electron chi connectivity index (χ0n) is 11.6. The van der Waals surface area contributed by atoms with Crippen molar-refractivity contribution >= 4 is 33.6 Å². The molecule has 0 atom stereocenters. The minimum absolute atomic E-state index is 0.462. The van der Waals surface area contributed by atoms with Crippen LogP contribution in [0.1, 0.15) is 21.8 Å². The summed E-state index contributed by atoms with van der Waals surface area (Å²) in [6, 6.07) is 7.40. The molecule has 3 rings (SSSR count). The third-order valence-electron chi connectivity index (χ3n) is 3.29. The molecule has 0 aliphatic heterocycles. The number of rotatable bonds is 3. The maximum Gasteiger partial charge on any atom is 0.194 e. The van der Waals surface area contributed by atoms with Crippen molar-refractivity contribution in [1.82, 2.24) is 9.38 Å². The van der Waals surface area contributed by atoms with Crippen LogP contribution >= 0.6 is 22.9 Å². The highest BCUT2D eigenvalue weighted by Gasteiger charge is 2.11. The Balaban J connectivity index is 1.85. The van der Waals surface area contributed by atoms with E-state index in [4.69, 9.17) is 16.9 Å². The minimum atomic E-state index is 0.462. The topological polar surface area (TPSA) is 53.1 Å². The molecule has 1 aromatic carbocycles. The van der Waals surface area contributed by atoms with Gasteiger partial charge in [-0.2, -0.15) is 5.26 Å². The highest BCUT2D eigenvalue weighted by Crippen LogP contribution is 2.23. The second-order valence-corrected chi connectivity index (χ2v) is 6.42. The maximum absolute atomic E-state index is 8.88. The maximum atomic E-state index is 8.88. The number of hydrogen-bond acceptors (Lipinski definition) is 4. The first-order chi connectivity index (χ1) is 10.1. The minimum Gasteiger partial charge on any atom is -0.379 e. The van der Waals surface area contributed by atoms with Gasteiger partial charge >= 0.3 is 0 Å². The molecule has 0 radical (unpaired) electrons. The Kier molecular flexibility index (Phi) is 3.58. The lowest BCUT2D eigenvalue weighted by molar-refractivity contribution is 0.991. The van der Waals surface area contributed by atoms with Crippen LogP contribution in [0.25, 0.3) is 4.96 Å². The number of hydrogen-bond donors (Lipinski definition) is 1. The largest absolute Gasteiger partial charge is 0.379 e. The van der Waals surface area contributed by atoms with Crippen LogP contribution < -0.4 is 5.32 Å². The van der Waals surface area contributed by atoms with Crippen molar-refractivity contribution in [3.05, 3.63) is 51.2 Å². The van der Waals surface area contributed by atoms with E-state index in [9.17, 15) is 0 Å². The Morgan fingerprint density at radius 2 is 2.24 bits per heavy atom. The van der Waals surface area contributed by atoms with Crippen molar-refractivity contribution < 1.29 is 0 Å². The zero-order chi connectivity index (χ0) is 15.0. The predicted octanol–water partition coefficient (Wildman–Crippen LogP) is 4.15. The number of thiazole rings is 1. The number of halogens is 1. The van der Waals surface area contributed by atoms with E-state index in [1.807, 2.05) is 13.0 Å². The van der Waals surface area contributed by atoms with Crippen molar-refractivity contribution in [2.24, 2.45) is 0 Å². The number of imidazole rings is 1. The molecule has 1 N–H and O–H groups in total. The van der Waals surface area contributed by atoms with E-state index in [2.05, 4.69) is 33.9 Å². The number of anilines is 1. The van der Waals surface area contributed by atoms with Gasteiger partial charge in [0.25, 0.3) is 0 Å². The fraction of sp³-hybridized carbons (Fsp3) is 0.200. The molecule has 3 aromatic rings. The Hall–Kier alpha value is -2.03. The van der Waals surface area contributed by atoms with E-state index in [0.29, 0.717) is 17.1 Å². The van der Waals surface area contributed by atoms with Gasteiger partial charge in [0.1, 0.15) is 6.07 Å². The van der Waals surface area contributed by atoms with Crippen molar-refractivity contribution in [2.45, 2.75) is 20.4 Å². The fourth-order valence-corrected chi connectivity index (χ4v) is 3.34. The average Bonchev–Trinajstić information content (AvgIpc) is 2.92. The molecule has 0 saturated heterocycles. The number of nitrogens with one attached hydrogen (secondary N) is 1. The molecular weight excluding hydrogens is 304 g/mol. The first-order valence-corrected chi connectivity index (χ1v) is 7.65. The van der Waals surface area contributed by atoms with E-state index in [0.717, 1.165) is 22.0 Å². The van der Waals surface area contributed by atoms with Gasteiger partial charge in [0, 0.05) is 16.8 Å². The number of aromatic nitrogens is 2. The predicted molar refractivity (Wildman–Crippen MR) is 86.0 cm³/mol. The van der Waals surface area contributed by atoms with E-state index < -0.39 is 0 Å². The summed E-state index contributed by atoms with van der Waals surface area (Å²) in [7, 11) is 0. The van der Waals surface area contributed by atoms with E-state index >= 15 is 0 Å². The van der Waals surface area contributed by atoms with Crippen LogP contribution in [0.2, 0.25) is 5.02 Å². The van der Waals surface area contributed by atoms with Crippen molar-refractivity contribution in [1.29, 1.82) is 5.26 Å². The molecule has 0 amide bonds. The molecule has 21 heavy (non-hydrogen) atoms. The van der Waals surface area contributed by atoms with Crippen LogP contribution in [0.5, 0.6) is 0 Å². The third kappa shape index (κ3) is 2.60. The van der Waals surface area contributed by atoms with Gasteiger partial charge in [-0.3, -0.25) is 4.40 Å². The van der Waals surface area contributed by atoms with Gasteiger partial charge in [0.2, 0.25) is 0 Å². The highest BCUT2D eigenvalue weighted by atomic mass is 35.5. The van der Waals surface area contributed by atoms with Gasteiger partial charge in [0.15, 0.2) is 4.96 Å². The molecule has 0 fully saturated rings. The van der Waals surface area contributed by atoms with Crippen LogP contribution in [0.3, 0.4) is 0 Å². The van der Waals surface area contributed by atoms with Crippen LogP contribution in [0.15, 0.2) is 24.4 Å². The number of nitrogens with zero attached hydrogens (tertiary/aromatic N) is 3. The molecule has 2 heterocycles. The molecule has 0 spiro atoms. The lowest BCUT2D eigenvalue weighted by Gasteiger charge is -2.07. The quantitative estimate of drug-likeness (QED) is 0.789. The summed E-state index contributed by atoms with van der Waals surface area (Å²) >= 11 is 7.72. The SMILES string of the molecule is Cc1cn2c(CNc3ccc(C#N)c(Cl)c3)c(C)nc2s1. The Morgan fingerprint density at radius 3 is 2.95 bits per heavy atom. The summed E-state index contributed by atoms with van der Waals surface area (Å²) in [4.78, 5) is 6.81. The van der Waals surface area contributed by atoms with Crippen molar-refractivity contribution in [2.75, 3.05) is 5.32 Å². The second-order valence-electron chi connectivity index (χ2n) is 4.80. The Labute approximate surface area is 131 Å². The molecule has 106 valence electrons. The number of fused-ring (bicyclic) bond motifs is 1. The summed E-state index contributed by atoms with van der Waals surface area (Å²) in [5.41, 5.74) is 3.53. The first kappa shape index (κ1) is 13.9. The molecule has 6 heteroatoms. The summed E-state index contributed by atoms with van der Waals surface area (Å²) in [5.74, 6) is 0. The first-order valence-electron chi connectivity index (χ1n) is 6.46. The van der Waals surface area contributed by atoms with Gasteiger partial charge in [-0.25, -0.2) is 4.98 Å². The molecule has 4 nitrogen and oxygen atoms in total. The van der Waals surface area contributed by atoms with Crippen molar-refractivity contribution in [3.8, 4) is 6.07 Å². The lowest BCUT2D eigenvalue weighted by Crippen LogP contribution is -2.03. The highest BCUT2D eigenvalue weighted by molar-refractivity contribution is 7.17. The second kappa shape index (κ2) is 5.40. The van der Waals surface area contributed by atoms with Gasteiger partial charge in [-0.15, -0.1) is 11.3 Å². The fourth-order valence-electron chi connectivity index (χ4n) is 2.22. The van der Waals surface area contributed by atoms with Crippen LogP contribution in [-0.4, -0.2) is 9.38 Å². The van der Waals surface area contributed by atoms with Crippen LogP contribution in [0, 0.1) is 25.2 Å². The van der Waals surface area contributed by atoms with Gasteiger partial charge < -0.3 is 5.32 Å². The summed E-state index contributed by atoms with van der Waals surface area (Å²) < 4.78 is 2.12. The third-order valence-corrected chi connectivity index (χ3v) is 4.50. The summed E-state index contributed by atoms with van der Waals surface area (Å²) in [6.45, 7) is 4.75. The van der Waals surface area contributed by atoms with E-state index in [1.165, 1.54) is 4.88 Å². The molecule has 0 aliphatic carbocycles. The standard InChI is InChI=1S/C15H13ClN4S/c1-9-8-20-14(10(2)19-15(20)21-9)7-18-12-4-3-11(6-17)13(16)5-12/h3-5,8,18H,7H2,1-2H3. The number of aryl methyl sites for hydroxylation is 2. The molecule has 0 aliphatic rings. The van der Waals surface area contributed by atoms with Crippen LogP contribution in [-0.2, 0) is 6.54 Å². The Bertz CT molecular complexity index is 857. The Morgan fingerprint density at radius 1 is 1.43 bits per heavy atom. The average molecular weight is 317 g/mol. The van der Waals surface area contributed by atoms with E-state index in [1.54, 1.807) is 23.5 Å². The molecule has 2 aromatic heterocycles. The molecule has 0 unspecified atom stereocenters. The summed E-state index contributed by atoms with van der Waals surface area (Å²) in [6.07, 6.45) is 2.10. The van der Waals surface area contributed by atoms with Crippen molar-refractivity contribution in [3.63, 3.8) is 0 Å². The van der Waals surface area contributed by atoms with Crippen LogP contribution in [0.4, 0.5) is 5.69 Å².